The van der Waals surface area contributed by atoms with Gasteiger partial charge in [0.25, 0.3) is 0 Å². The zero-order chi connectivity index (χ0) is 13.6. The average Bonchev–Trinajstić information content (AvgIpc) is 2.55. The molecule has 0 spiro atoms. The predicted octanol–water partition coefficient (Wildman–Crippen LogP) is 2.87. The van der Waals surface area contributed by atoms with Crippen molar-refractivity contribution in [2.75, 3.05) is 6.54 Å². The van der Waals surface area contributed by atoms with Crippen molar-refractivity contribution in [3.8, 4) is 0 Å². The standard InChI is InChI=1S/C17H27N3/c1-2-9-17(20-13-14-7-3-5-11-18-14)15(8-1)16-10-4-6-12-19-16/h3,5,7,11,15-17,19-20H,1-2,4,6,8-10,12-13H2. The molecular formula is C17H27N3. The van der Waals surface area contributed by atoms with Crippen LogP contribution < -0.4 is 10.6 Å². The van der Waals surface area contributed by atoms with Crippen LogP contribution in [0.3, 0.4) is 0 Å². The molecule has 2 N–H and O–H groups in total. The maximum Gasteiger partial charge on any atom is 0.0541 e. The molecule has 0 amide bonds. The monoisotopic (exact) mass is 273 g/mol. The Kier molecular flexibility index (Phi) is 5.04. The Morgan fingerprint density at radius 3 is 2.80 bits per heavy atom. The molecule has 3 unspecified atom stereocenters. The van der Waals surface area contributed by atoms with Crippen LogP contribution in [0.5, 0.6) is 0 Å². The van der Waals surface area contributed by atoms with Crippen molar-refractivity contribution < 1.29 is 0 Å². The second-order valence-corrected chi connectivity index (χ2v) is 6.31. The molecule has 20 heavy (non-hydrogen) atoms. The maximum atomic E-state index is 4.42. The lowest BCUT2D eigenvalue weighted by Crippen LogP contribution is -2.50. The summed E-state index contributed by atoms with van der Waals surface area (Å²) in [6, 6.07) is 7.58. The fourth-order valence-electron chi connectivity index (χ4n) is 3.88. The molecule has 3 rings (SSSR count). The Labute approximate surface area is 122 Å². The van der Waals surface area contributed by atoms with Crippen LogP contribution in [0.1, 0.15) is 50.6 Å². The van der Waals surface area contributed by atoms with Crippen LogP contribution in [0.2, 0.25) is 0 Å². The third kappa shape index (κ3) is 3.58. The molecule has 3 atom stereocenters. The minimum absolute atomic E-state index is 0.668. The van der Waals surface area contributed by atoms with E-state index >= 15 is 0 Å². The summed E-state index contributed by atoms with van der Waals surface area (Å²) in [5.41, 5.74) is 1.16. The lowest BCUT2D eigenvalue weighted by Gasteiger charge is -2.40. The molecule has 1 saturated carbocycles. The summed E-state index contributed by atoms with van der Waals surface area (Å²) in [7, 11) is 0. The molecule has 1 aromatic rings. The summed E-state index contributed by atoms with van der Waals surface area (Å²) in [4.78, 5) is 4.42. The SMILES string of the molecule is c1ccc(CNC2CCCCC2C2CCCCN2)nc1. The molecule has 110 valence electrons. The van der Waals surface area contributed by atoms with Crippen molar-refractivity contribution in [3.05, 3.63) is 30.1 Å². The van der Waals surface area contributed by atoms with E-state index in [1.165, 1.54) is 51.5 Å². The van der Waals surface area contributed by atoms with E-state index in [9.17, 15) is 0 Å². The Bertz CT molecular complexity index is 386. The van der Waals surface area contributed by atoms with Gasteiger partial charge in [0.2, 0.25) is 0 Å². The molecule has 2 fully saturated rings. The first kappa shape index (κ1) is 14.0. The minimum Gasteiger partial charge on any atom is -0.314 e. The second-order valence-electron chi connectivity index (χ2n) is 6.31. The van der Waals surface area contributed by atoms with Crippen molar-refractivity contribution in [1.82, 2.24) is 15.6 Å². The number of hydrogen-bond acceptors (Lipinski definition) is 3. The quantitative estimate of drug-likeness (QED) is 0.885. The first-order valence-corrected chi connectivity index (χ1v) is 8.30. The van der Waals surface area contributed by atoms with E-state index in [-0.39, 0.29) is 0 Å². The fourth-order valence-corrected chi connectivity index (χ4v) is 3.88. The molecule has 1 aromatic heterocycles. The van der Waals surface area contributed by atoms with Crippen LogP contribution in [0.15, 0.2) is 24.4 Å². The Balaban J connectivity index is 1.57. The summed E-state index contributed by atoms with van der Waals surface area (Å²) < 4.78 is 0. The van der Waals surface area contributed by atoms with Gasteiger partial charge in [-0.1, -0.05) is 25.3 Å². The molecular weight excluding hydrogens is 246 g/mol. The first-order valence-electron chi connectivity index (χ1n) is 8.30. The van der Waals surface area contributed by atoms with Crippen LogP contribution in [0.4, 0.5) is 0 Å². The Morgan fingerprint density at radius 1 is 1.10 bits per heavy atom. The zero-order valence-corrected chi connectivity index (χ0v) is 12.4. The minimum atomic E-state index is 0.668. The Hall–Kier alpha value is -0.930. The third-order valence-corrected chi connectivity index (χ3v) is 4.96. The number of hydrogen-bond donors (Lipinski definition) is 2. The van der Waals surface area contributed by atoms with E-state index < -0.39 is 0 Å². The number of nitrogens with one attached hydrogen (secondary N) is 2. The lowest BCUT2D eigenvalue weighted by atomic mass is 9.77. The second kappa shape index (κ2) is 7.19. The molecule has 1 saturated heterocycles. The molecule has 2 heterocycles. The number of nitrogens with zero attached hydrogens (tertiary/aromatic N) is 1. The van der Waals surface area contributed by atoms with Crippen molar-refractivity contribution in [2.24, 2.45) is 5.92 Å². The van der Waals surface area contributed by atoms with Crippen molar-refractivity contribution in [2.45, 2.75) is 63.6 Å². The molecule has 2 aliphatic rings. The van der Waals surface area contributed by atoms with Gasteiger partial charge in [0.05, 0.1) is 5.69 Å². The number of pyridine rings is 1. The van der Waals surface area contributed by atoms with Crippen LogP contribution in [0.25, 0.3) is 0 Å². The zero-order valence-electron chi connectivity index (χ0n) is 12.4. The van der Waals surface area contributed by atoms with Gasteiger partial charge in [0.1, 0.15) is 0 Å². The molecule has 0 radical (unpaired) electrons. The predicted molar refractivity (Wildman–Crippen MR) is 82.5 cm³/mol. The highest BCUT2D eigenvalue weighted by Crippen LogP contribution is 2.30. The summed E-state index contributed by atoms with van der Waals surface area (Å²) in [6.07, 6.45) is 11.5. The van der Waals surface area contributed by atoms with Crippen molar-refractivity contribution >= 4 is 0 Å². The van der Waals surface area contributed by atoms with Gasteiger partial charge in [-0.25, -0.2) is 0 Å². The van der Waals surface area contributed by atoms with Gasteiger partial charge in [-0.2, -0.15) is 0 Å². The van der Waals surface area contributed by atoms with Crippen molar-refractivity contribution in [1.29, 1.82) is 0 Å². The highest BCUT2D eigenvalue weighted by atomic mass is 15.0. The van der Waals surface area contributed by atoms with Crippen LogP contribution >= 0.6 is 0 Å². The first-order chi connectivity index (χ1) is 9.93. The smallest absolute Gasteiger partial charge is 0.0541 e. The highest BCUT2D eigenvalue weighted by Gasteiger charge is 2.32. The van der Waals surface area contributed by atoms with E-state index in [0.717, 1.165) is 24.2 Å². The normalized spacial score (nSPS) is 31.1. The molecule has 3 nitrogen and oxygen atoms in total. The average molecular weight is 273 g/mol. The van der Waals surface area contributed by atoms with Gasteiger partial charge in [0.15, 0.2) is 0 Å². The number of piperidine rings is 1. The Morgan fingerprint density at radius 2 is 2.00 bits per heavy atom. The van der Waals surface area contributed by atoms with Gasteiger partial charge < -0.3 is 10.6 Å². The summed E-state index contributed by atoms with van der Waals surface area (Å²) >= 11 is 0. The van der Waals surface area contributed by atoms with Gasteiger partial charge in [-0.05, 0) is 50.3 Å². The topological polar surface area (TPSA) is 37.0 Å². The number of rotatable bonds is 4. The van der Waals surface area contributed by atoms with Gasteiger partial charge in [0, 0.05) is 24.8 Å². The van der Waals surface area contributed by atoms with Gasteiger partial charge in [-0.15, -0.1) is 0 Å². The molecule has 0 bridgehead atoms. The third-order valence-electron chi connectivity index (χ3n) is 4.96. The van der Waals surface area contributed by atoms with E-state index in [4.69, 9.17) is 0 Å². The lowest BCUT2D eigenvalue weighted by molar-refractivity contribution is 0.181. The van der Waals surface area contributed by atoms with Gasteiger partial charge in [-0.3, -0.25) is 4.98 Å². The van der Waals surface area contributed by atoms with Crippen LogP contribution in [-0.4, -0.2) is 23.6 Å². The van der Waals surface area contributed by atoms with E-state index in [1.807, 2.05) is 12.3 Å². The van der Waals surface area contributed by atoms with Crippen LogP contribution in [-0.2, 0) is 6.54 Å². The van der Waals surface area contributed by atoms with E-state index in [1.54, 1.807) is 0 Å². The fraction of sp³-hybridized carbons (Fsp3) is 0.706. The van der Waals surface area contributed by atoms with Gasteiger partial charge >= 0.3 is 0 Å². The highest BCUT2D eigenvalue weighted by molar-refractivity contribution is 5.03. The molecule has 0 aromatic carbocycles. The van der Waals surface area contributed by atoms with E-state index in [2.05, 4.69) is 27.8 Å². The largest absolute Gasteiger partial charge is 0.314 e. The number of aromatic nitrogens is 1. The molecule has 1 aliphatic heterocycles. The van der Waals surface area contributed by atoms with E-state index in [0.29, 0.717) is 6.04 Å². The molecule has 1 aliphatic carbocycles. The summed E-state index contributed by atoms with van der Waals surface area (Å²) in [6.45, 7) is 2.13. The maximum absolute atomic E-state index is 4.42. The van der Waals surface area contributed by atoms with Crippen LogP contribution in [0, 0.1) is 5.92 Å². The molecule has 3 heteroatoms. The summed E-state index contributed by atoms with van der Waals surface area (Å²) in [5, 5.41) is 7.54. The van der Waals surface area contributed by atoms with Crippen molar-refractivity contribution in [3.63, 3.8) is 0 Å². The summed E-state index contributed by atoms with van der Waals surface area (Å²) in [5.74, 6) is 0.813.